The minimum absolute atomic E-state index is 0.0430. The Kier molecular flexibility index (Phi) is 4.08. The highest BCUT2D eigenvalue weighted by atomic mass is 79.9. The Labute approximate surface area is 124 Å². The number of benzene rings is 1. The van der Waals surface area contributed by atoms with E-state index in [2.05, 4.69) is 21.0 Å². The summed E-state index contributed by atoms with van der Waals surface area (Å²) >= 11 is 3.46. The Morgan fingerprint density at radius 3 is 2.65 bits per heavy atom. The number of methoxy groups -OCH3 is 1. The number of aromatic nitrogens is 2. The molecule has 0 saturated carbocycles. The molecular weight excluding hydrogens is 326 g/mol. The van der Waals surface area contributed by atoms with Gasteiger partial charge < -0.3 is 4.74 Å². The summed E-state index contributed by atoms with van der Waals surface area (Å²) in [7, 11) is 1.54. The number of aryl methyl sites for hydroxylation is 1. The molecule has 0 saturated heterocycles. The lowest BCUT2D eigenvalue weighted by molar-refractivity contribution is -0.384. The van der Waals surface area contributed by atoms with E-state index in [1.165, 1.54) is 12.1 Å². The quantitative estimate of drug-likeness (QED) is 0.633. The maximum absolute atomic E-state index is 10.9. The maximum Gasteiger partial charge on any atom is 0.270 e. The summed E-state index contributed by atoms with van der Waals surface area (Å²) in [4.78, 5) is 10.4. The van der Waals surface area contributed by atoms with E-state index in [1.807, 2.05) is 13.8 Å². The zero-order valence-electron chi connectivity index (χ0n) is 11.4. The Morgan fingerprint density at radius 1 is 1.45 bits per heavy atom. The Hall–Kier alpha value is -1.89. The summed E-state index contributed by atoms with van der Waals surface area (Å²) in [5.74, 6) is 0.610. The number of non-ortho nitro benzene ring substituents is 1. The molecule has 1 heterocycles. The van der Waals surface area contributed by atoms with Crippen LogP contribution in [-0.2, 0) is 6.54 Å². The summed E-state index contributed by atoms with van der Waals surface area (Å²) in [6, 6.07) is 4.55. The zero-order valence-corrected chi connectivity index (χ0v) is 13.0. The monoisotopic (exact) mass is 339 g/mol. The fourth-order valence-electron chi connectivity index (χ4n) is 1.99. The van der Waals surface area contributed by atoms with Gasteiger partial charge in [-0.1, -0.05) is 0 Å². The number of halogens is 1. The van der Waals surface area contributed by atoms with E-state index in [9.17, 15) is 10.1 Å². The van der Waals surface area contributed by atoms with Gasteiger partial charge in [-0.25, -0.2) is 0 Å². The van der Waals surface area contributed by atoms with Gasteiger partial charge in [0.05, 0.1) is 34.4 Å². The van der Waals surface area contributed by atoms with Crippen molar-refractivity contribution in [2.75, 3.05) is 7.11 Å². The van der Waals surface area contributed by atoms with E-state index in [-0.39, 0.29) is 5.69 Å². The van der Waals surface area contributed by atoms with E-state index in [0.717, 1.165) is 21.4 Å². The molecule has 0 aliphatic heterocycles. The molecule has 0 fully saturated rings. The van der Waals surface area contributed by atoms with Crippen molar-refractivity contribution in [1.82, 2.24) is 9.78 Å². The molecule has 6 nitrogen and oxygen atoms in total. The van der Waals surface area contributed by atoms with Crippen molar-refractivity contribution in [3.05, 3.63) is 49.7 Å². The summed E-state index contributed by atoms with van der Waals surface area (Å²) < 4.78 is 7.99. The number of hydrogen-bond donors (Lipinski definition) is 0. The average molecular weight is 340 g/mol. The summed E-state index contributed by atoms with van der Waals surface area (Å²) in [6.45, 7) is 4.26. The molecule has 0 aliphatic rings. The highest BCUT2D eigenvalue weighted by Crippen LogP contribution is 2.27. The van der Waals surface area contributed by atoms with E-state index < -0.39 is 4.92 Å². The molecule has 0 bridgehead atoms. The molecule has 0 spiro atoms. The molecule has 2 aromatic rings. The van der Waals surface area contributed by atoms with Crippen molar-refractivity contribution < 1.29 is 9.66 Å². The van der Waals surface area contributed by atoms with Gasteiger partial charge in [-0.3, -0.25) is 14.8 Å². The average Bonchev–Trinajstić information content (AvgIpc) is 2.66. The van der Waals surface area contributed by atoms with Crippen LogP contribution in [0.5, 0.6) is 5.75 Å². The van der Waals surface area contributed by atoms with Crippen molar-refractivity contribution in [3.8, 4) is 5.75 Å². The van der Waals surface area contributed by atoms with Crippen LogP contribution in [0.3, 0.4) is 0 Å². The van der Waals surface area contributed by atoms with Gasteiger partial charge in [0.25, 0.3) is 5.69 Å². The van der Waals surface area contributed by atoms with Crippen LogP contribution in [0.25, 0.3) is 0 Å². The van der Waals surface area contributed by atoms with E-state index in [1.54, 1.807) is 17.9 Å². The van der Waals surface area contributed by atoms with Crippen LogP contribution >= 0.6 is 15.9 Å². The maximum atomic E-state index is 10.9. The molecule has 1 aromatic heterocycles. The second-order valence-electron chi connectivity index (χ2n) is 4.40. The lowest BCUT2D eigenvalue weighted by Crippen LogP contribution is -2.06. The Balaban J connectivity index is 2.43. The van der Waals surface area contributed by atoms with Gasteiger partial charge in [-0.2, -0.15) is 5.10 Å². The standard InChI is InChI=1S/C13H14BrN3O3/c1-8-13(14)9(2)16(15-8)7-10-6-11(17(18)19)4-5-12(10)20-3/h4-6H,7H2,1-3H3. The summed E-state index contributed by atoms with van der Waals surface area (Å²) in [5, 5.41) is 15.3. The molecule has 7 heteroatoms. The lowest BCUT2D eigenvalue weighted by atomic mass is 10.1. The van der Waals surface area contributed by atoms with Crippen LogP contribution in [0.1, 0.15) is 17.0 Å². The van der Waals surface area contributed by atoms with Gasteiger partial charge in [0.15, 0.2) is 0 Å². The molecular formula is C13H14BrN3O3. The summed E-state index contributed by atoms with van der Waals surface area (Å²) in [6.07, 6.45) is 0. The Morgan fingerprint density at radius 2 is 2.15 bits per heavy atom. The first kappa shape index (κ1) is 14.5. The fraction of sp³-hybridized carbons (Fsp3) is 0.308. The highest BCUT2D eigenvalue weighted by molar-refractivity contribution is 9.10. The van der Waals surface area contributed by atoms with Gasteiger partial charge in [-0.05, 0) is 35.8 Å². The first-order valence-electron chi connectivity index (χ1n) is 5.95. The number of nitro groups is 1. The molecule has 1 aromatic carbocycles. The fourth-order valence-corrected chi connectivity index (χ4v) is 2.28. The number of hydrogen-bond acceptors (Lipinski definition) is 4. The Bertz CT molecular complexity index is 667. The third-order valence-corrected chi connectivity index (χ3v) is 4.24. The van der Waals surface area contributed by atoms with Crippen LogP contribution in [-0.4, -0.2) is 21.8 Å². The van der Waals surface area contributed by atoms with Crippen molar-refractivity contribution in [2.24, 2.45) is 0 Å². The SMILES string of the molecule is COc1ccc([N+](=O)[O-])cc1Cn1nc(C)c(Br)c1C. The minimum atomic E-state index is -0.417. The van der Waals surface area contributed by atoms with Crippen molar-refractivity contribution >= 4 is 21.6 Å². The molecule has 0 radical (unpaired) electrons. The predicted molar refractivity (Wildman–Crippen MR) is 78.2 cm³/mol. The van der Waals surface area contributed by atoms with Crippen LogP contribution in [0.4, 0.5) is 5.69 Å². The van der Waals surface area contributed by atoms with E-state index in [4.69, 9.17) is 4.74 Å². The molecule has 0 aliphatic carbocycles. The highest BCUT2D eigenvalue weighted by Gasteiger charge is 2.14. The molecule has 20 heavy (non-hydrogen) atoms. The molecule has 0 unspecified atom stereocenters. The van der Waals surface area contributed by atoms with Crippen LogP contribution in [0, 0.1) is 24.0 Å². The topological polar surface area (TPSA) is 70.2 Å². The van der Waals surface area contributed by atoms with Crippen LogP contribution in [0.2, 0.25) is 0 Å². The first-order valence-corrected chi connectivity index (χ1v) is 6.74. The molecule has 2 rings (SSSR count). The van der Waals surface area contributed by atoms with Crippen LogP contribution in [0.15, 0.2) is 22.7 Å². The van der Waals surface area contributed by atoms with Gasteiger partial charge in [0.1, 0.15) is 5.75 Å². The van der Waals surface area contributed by atoms with Crippen molar-refractivity contribution in [2.45, 2.75) is 20.4 Å². The largest absolute Gasteiger partial charge is 0.496 e. The normalized spacial score (nSPS) is 10.6. The molecule has 0 atom stereocenters. The molecule has 0 N–H and O–H groups in total. The predicted octanol–water partition coefficient (Wildman–Crippen LogP) is 3.23. The first-order chi connectivity index (χ1) is 9.43. The number of nitro benzene ring substituents is 1. The second-order valence-corrected chi connectivity index (χ2v) is 5.19. The minimum Gasteiger partial charge on any atom is -0.496 e. The molecule has 106 valence electrons. The third kappa shape index (κ3) is 2.67. The number of rotatable bonds is 4. The lowest BCUT2D eigenvalue weighted by Gasteiger charge is -2.09. The van der Waals surface area contributed by atoms with Crippen LogP contribution < -0.4 is 4.74 Å². The number of nitrogens with zero attached hydrogens (tertiary/aromatic N) is 3. The van der Waals surface area contributed by atoms with E-state index in [0.29, 0.717) is 12.3 Å². The van der Waals surface area contributed by atoms with Gasteiger partial charge >= 0.3 is 0 Å². The van der Waals surface area contributed by atoms with Gasteiger partial charge in [-0.15, -0.1) is 0 Å². The zero-order chi connectivity index (χ0) is 14.9. The second kappa shape index (κ2) is 5.62. The number of ether oxygens (including phenoxy) is 1. The van der Waals surface area contributed by atoms with Gasteiger partial charge in [0, 0.05) is 17.7 Å². The van der Waals surface area contributed by atoms with Crippen molar-refractivity contribution in [3.63, 3.8) is 0 Å². The van der Waals surface area contributed by atoms with E-state index >= 15 is 0 Å². The molecule has 0 amide bonds. The van der Waals surface area contributed by atoms with Crippen molar-refractivity contribution in [1.29, 1.82) is 0 Å². The smallest absolute Gasteiger partial charge is 0.270 e. The third-order valence-electron chi connectivity index (χ3n) is 3.09. The van der Waals surface area contributed by atoms with Gasteiger partial charge in [0.2, 0.25) is 0 Å². The summed E-state index contributed by atoms with van der Waals surface area (Å²) in [5.41, 5.74) is 2.61.